The SMILES string of the molecule is CC[C@H](Oc1ccc2ccccc2c1)C(=O)Nc1cc(C)ccc1OC. The van der Waals surface area contributed by atoms with E-state index in [2.05, 4.69) is 5.32 Å². The van der Waals surface area contributed by atoms with Crippen LogP contribution in [0.4, 0.5) is 5.69 Å². The number of benzene rings is 3. The fourth-order valence-electron chi connectivity index (χ4n) is 2.86. The zero-order valence-electron chi connectivity index (χ0n) is 15.3. The lowest BCUT2D eigenvalue weighted by atomic mass is 10.1. The second-order valence-corrected chi connectivity index (χ2v) is 6.22. The molecule has 0 aliphatic heterocycles. The van der Waals surface area contributed by atoms with Crippen LogP contribution in [-0.2, 0) is 4.79 Å². The summed E-state index contributed by atoms with van der Waals surface area (Å²) in [6.07, 6.45) is -0.0198. The molecular formula is C22H23NO3. The fourth-order valence-corrected chi connectivity index (χ4v) is 2.86. The van der Waals surface area contributed by atoms with E-state index in [0.717, 1.165) is 16.3 Å². The van der Waals surface area contributed by atoms with Gasteiger partial charge in [-0.05, 0) is 53.9 Å². The highest BCUT2D eigenvalue weighted by Crippen LogP contribution is 2.26. The third-order valence-electron chi connectivity index (χ3n) is 4.28. The number of ether oxygens (including phenoxy) is 2. The van der Waals surface area contributed by atoms with E-state index >= 15 is 0 Å². The first-order valence-corrected chi connectivity index (χ1v) is 8.71. The van der Waals surface area contributed by atoms with Crippen molar-refractivity contribution in [2.45, 2.75) is 26.4 Å². The second kappa shape index (κ2) is 7.91. The van der Waals surface area contributed by atoms with E-state index < -0.39 is 6.10 Å². The molecule has 0 bridgehead atoms. The molecule has 134 valence electrons. The zero-order chi connectivity index (χ0) is 18.5. The average Bonchev–Trinajstić information content (AvgIpc) is 2.66. The van der Waals surface area contributed by atoms with Crippen LogP contribution in [0.15, 0.2) is 60.7 Å². The van der Waals surface area contributed by atoms with Crippen molar-refractivity contribution in [1.29, 1.82) is 0 Å². The zero-order valence-corrected chi connectivity index (χ0v) is 15.3. The summed E-state index contributed by atoms with van der Waals surface area (Å²) >= 11 is 0. The number of fused-ring (bicyclic) bond motifs is 1. The number of rotatable bonds is 6. The van der Waals surface area contributed by atoms with Crippen molar-refractivity contribution < 1.29 is 14.3 Å². The first kappa shape index (κ1) is 17.8. The minimum absolute atomic E-state index is 0.190. The highest BCUT2D eigenvalue weighted by molar-refractivity contribution is 5.96. The molecule has 0 aromatic heterocycles. The van der Waals surface area contributed by atoms with E-state index in [9.17, 15) is 4.79 Å². The van der Waals surface area contributed by atoms with Crippen LogP contribution >= 0.6 is 0 Å². The standard InChI is InChI=1S/C22H23NO3/c1-4-20(22(24)23-19-13-15(2)9-12-21(19)25-3)26-18-11-10-16-7-5-6-8-17(16)14-18/h5-14,20H,4H2,1-3H3,(H,23,24)/t20-/m0/s1. The molecule has 3 rings (SSSR count). The van der Waals surface area contributed by atoms with Gasteiger partial charge in [-0.15, -0.1) is 0 Å². The first-order valence-electron chi connectivity index (χ1n) is 8.71. The number of amides is 1. The van der Waals surface area contributed by atoms with Crippen molar-refractivity contribution in [3.8, 4) is 11.5 Å². The Kier molecular flexibility index (Phi) is 5.42. The number of hydrogen-bond donors (Lipinski definition) is 1. The van der Waals surface area contributed by atoms with E-state index in [-0.39, 0.29) is 5.91 Å². The topological polar surface area (TPSA) is 47.6 Å². The van der Waals surface area contributed by atoms with Gasteiger partial charge in [0.25, 0.3) is 5.91 Å². The smallest absolute Gasteiger partial charge is 0.265 e. The molecule has 0 saturated carbocycles. The van der Waals surface area contributed by atoms with Crippen LogP contribution < -0.4 is 14.8 Å². The molecule has 3 aromatic rings. The molecule has 4 nitrogen and oxygen atoms in total. The number of hydrogen-bond acceptors (Lipinski definition) is 3. The van der Waals surface area contributed by atoms with Crippen LogP contribution in [0.5, 0.6) is 11.5 Å². The molecule has 1 amide bonds. The monoisotopic (exact) mass is 349 g/mol. The maximum Gasteiger partial charge on any atom is 0.265 e. The Morgan fingerprint density at radius 1 is 1.04 bits per heavy atom. The molecule has 0 fully saturated rings. The maximum absolute atomic E-state index is 12.7. The number of aryl methyl sites for hydroxylation is 1. The first-order chi connectivity index (χ1) is 12.6. The van der Waals surface area contributed by atoms with Crippen molar-refractivity contribution in [3.63, 3.8) is 0 Å². The Morgan fingerprint density at radius 3 is 2.54 bits per heavy atom. The van der Waals surface area contributed by atoms with Crippen molar-refractivity contribution in [1.82, 2.24) is 0 Å². The lowest BCUT2D eigenvalue weighted by molar-refractivity contribution is -0.122. The van der Waals surface area contributed by atoms with Gasteiger partial charge >= 0.3 is 0 Å². The van der Waals surface area contributed by atoms with Gasteiger partial charge in [-0.1, -0.05) is 43.3 Å². The van der Waals surface area contributed by atoms with Crippen molar-refractivity contribution >= 4 is 22.4 Å². The lowest BCUT2D eigenvalue weighted by Gasteiger charge is -2.19. The van der Waals surface area contributed by atoms with Gasteiger partial charge in [0.15, 0.2) is 6.10 Å². The van der Waals surface area contributed by atoms with Crippen molar-refractivity contribution in [3.05, 3.63) is 66.2 Å². The number of nitrogens with one attached hydrogen (secondary N) is 1. The van der Waals surface area contributed by atoms with Gasteiger partial charge in [0, 0.05) is 0 Å². The number of methoxy groups -OCH3 is 1. The summed E-state index contributed by atoms with van der Waals surface area (Å²) in [4.78, 5) is 12.7. The van der Waals surface area contributed by atoms with Gasteiger partial charge in [0.05, 0.1) is 12.8 Å². The number of carbonyl (C=O) groups excluding carboxylic acids is 1. The van der Waals surface area contributed by atoms with Crippen molar-refractivity contribution in [2.75, 3.05) is 12.4 Å². The second-order valence-electron chi connectivity index (χ2n) is 6.22. The summed E-state index contributed by atoms with van der Waals surface area (Å²) in [6.45, 7) is 3.90. The molecular weight excluding hydrogens is 326 g/mol. The summed E-state index contributed by atoms with van der Waals surface area (Å²) in [7, 11) is 1.59. The van der Waals surface area contributed by atoms with E-state index in [1.54, 1.807) is 7.11 Å². The lowest BCUT2D eigenvalue weighted by Crippen LogP contribution is -2.32. The van der Waals surface area contributed by atoms with Crippen LogP contribution in [0.2, 0.25) is 0 Å². The molecule has 0 spiro atoms. The molecule has 1 N–H and O–H groups in total. The highest BCUT2D eigenvalue weighted by atomic mass is 16.5. The van der Waals surface area contributed by atoms with Crippen LogP contribution in [0, 0.1) is 6.92 Å². The van der Waals surface area contributed by atoms with E-state index in [4.69, 9.17) is 9.47 Å². The predicted molar refractivity (Wildman–Crippen MR) is 105 cm³/mol. The normalized spacial score (nSPS) is 11.8. The Labute approximate surface area is 153 Å². The average molecular weight is 349 g/mol. The molecule has 4 heteroatoms. The Bertz CT molecular complexity index is 920. The van der Waals surface area contributed by atoms with Crippen LogP contribution in [-0.4, -0.2) is 19.1 Å². The van der Waals surface area contributed by atoms with Gasteiger partial charge in [0.1, 0.15) is 11.5 Å². The number of carbonyl (C=O) groups is 1. The highest BCUT2D eigenvalue weighted by Gasteiger charge is 2.20. The Hall–Kier alpha value is -3.01. The number of anilines is 1. The van der Waals surface area contributed by atoms with Crippen LogP contribution in [0.1, 0.15) is 18.9 Å². The minimum atomic E-state index is -0.582. The molecule has 0 heterocycles. The van der Waals surface area contributed by atoms with Gasteiger partial charge < -0.3 is 14.8 Å². The summed E-state index contributed by atoms with van der Waals surface area (Å²) in [6, 6.07) is 19.6. The molecule has 0 aliphatic rings. The van der Waals surface area contributed by atoms with E-state index in [1.165, 1.54) is 0 Å². The van der Waals surface area contributed by atoms with E-state index in [1.807, 2.05) is 74.5 Å². The Morgan fingerprint density at radius 2 is 1.81 bits per heavy atom. The van der Waals surface area contributed by atoms with Crippen LogP contribution in [0.25, 0.3) is 10.8 Å². The molecule has 0 aliphatic carbocycles. The van der Waals surface area contributed by atoms with Gasteiger partial charge in [-0.3, -0.25) is 4.79 Å². The van der Waals surface area contributed by atoms with Gasteiger partial charge in [-0.2, -0.15) is 0 Å². The molecule has 26 heavy (non-hydrogen) atoms. The molecule has 0 radical (unpaired) electrons. The van der Waals surface area contributed by atoms with E-state index in [0.29, 0.717) is 23.6 Å². The Balaban J connectivity index is 1.77. The maximum atomic E-state index is 12.7. The third kappa shape index (κ3) is 3.97. The van der Waals surface area contributed by atoms with Gasteiger partial charge in [-0.25, -0.2) is 0 Å². The molecule has 0 saturated heterocycles. The van der Waals surface area contributed by atoms with Crippen LogP contribution in [0.3, 0.4) is 0 Å². The third-order valence-corrected chi connectivity index (χ3v) is 4.28. The predicted octanol–water partition coefficient (Wildman–Crippen LogP) is 4.95. The summed E-state index contributed by atoms with van der Waals surface area (Å²) < 4.78 is 11.3. The fraction of sp³-hybridized carbons (Fsp3) is 0.227. The molecule has 0 unspecified atom stereocenters. The quantitative estimate of drug-likeness (QED) is 0.685. The molecule has 3 aromatic carbocycles. The minimum Gasteiger partial charge on any atom is -0.495 e. The van der Waals surface area contributed by atoms with Gasteiger partial charge in [0.2, 0.25) is 0 Å². The van der Waals surface area contributed by atoms with Crippen molar-refractivity contribution in [2.24, 2.45) is 0 Å². The summed E-state index contributed by atoms with van der Waals surface area (Å²) in [5.74, 6) is 1.12. The summed E-state index contributed by atoms with van der Waals surface area (Å²) in [5.41, 5.74) is 1.70. The largest absolute Gasteiger partial charge is 0.495 e. The molecule has 1 atom stereocenters. The summed E-state index contributed by atoms with van der Waals surface area (Å²) in [5, 5.41) is 5.15.